The molecule has 0 aliphatic rings. The van der Waals surface area contributed by atoms with Crippen molar-refractivity contribution in [2.45, 2.75) is 6.18 Å². The smallest absolute Gasteiger partial charge is 0.471 e. The first kappa shape index (κ1) is 13.7. The summed E-state index contributed by atoms with van der Waals surface area (Å²) in [6.07, 6.45) is -5.06. The minimum absolute atomic E-state index is 0.371. The summed E-state index contributed by atoms with van der Waals surface area (Å²) in [6, 6.07) is 1.90. The van der Waals surface area contributed by atoms with Gasteiger partial charge in [-0.3, -0.25) is 4.79 Å². The van der Waals surface area contributed by atoms with E-state index < -0.39 is 29.6 Å². The molecule has 0 saturated carbocycles. The molecule has 0 aliphatic heterocycles. The highest BCUT2D eigenvalue weighted by Crippen LogP contribution is 2.24. The number of carbonyl (C=O) groups excluding carboxylic acids is 1. The first-order valence-corrected chi connectivity index (χ1v) is 4.42. The van der Waals surface area contributed by atoms with Crippen molar-refractivity contribution in [3.8, 4) is 5.88 Å². The number of alkyl halides is 3. The van der Waals surface area contributed by atoms with Crippen molar-refractivity contribution in [1.29, 1.82) is 0 Å². The number of ether oxygens (including phenoxy) is 1. The Hall–Kier alpha value is -2.32. The van der Waals surface area contributed by atoms with Crippen LogP contribution in [0.15, 0.2) is 12.1 Å². The minimum atomic E-state index is -5.06. The van der Waals surface area contributed by atoms with Gasteiger partial charge in [0.1, 0.15) is 5.69 Å². The topological polar surface area (TPSA) is 88.5 Å². The third kappa shape index (κ3) is 3.09. The monoisotopic (exact) mass is 264 g/mol. The summed E-state index contributed by atoms with van der Waals surface area (Å²) < 4.78 is 40.6. The molecule has 2 N–H and O–H groups in total. The summed E-state index contributed by atoms with van der Waals surface area (Å²) in [7, 11) is 1.08. The Morgan fingerprint density at radius 2 is 2.00 bits per heavy atom. The molecule has 98 valence electrons. The van der Waals surface area contributed by atoms with Crippen molar-refractivity contribution in [3.05, 3.63) is 17.8 Å². The summed E-state index contributed by atoms with van der Waals surface area (Å²) in [6.45, 7) is 0. The maximum atomic E-state index is 12.0. The molecule has 9 heteroatoms. The number of aromatic carboxylic acids is 1. The van der Waals surface area contributed by atoms with Crippen LogP contribution >= 0.6 is 0 Å². The van der Waals surface area contributed by atoms with E-state index in [4.69, 9.17) is 5.11 Å². The first-order valence-electron chi connectivity index (χ1n) is 4.42. The quantitative estimate of drug-likeness (QED) is 0.858. The average molecular weight is 264 g/mol. The number of hydrogen-bond acceptors (Lipinski definition) is 4. The van der Waals surface area contributed by atoms with Gasteiger partial charge in [0.25, 0.3) is 0 Å². The molecule has 0 fully saturated rings. The van der Waals surface area contributed by atoms with Crippen LogP contribution in [-0.4, -0.2) is 35.3 Å². The van der Waals surface area contributed by atoms with Gasteiger partial charge in [-0.15, -0.1) is 0 Å². The highest BCUT2D eigenvalue weighted by atomic mass is 19.4. The molecule has 1 aromatic heterocycles. The van der Waals surface area contributed by atoms with Gasteiger partial charge in [0.2, 0.25) is 5.88 Å². The summed E-state index contributed by atoms with van der Waals surface area (Å²) in [5.41, 5.74) is -0.790. The second-order valence-electron chi connectivity index (χ2n) is 3.01. The highest BCUT2D eigenvalue weighted by Gasteiger charge is 2.39. The molecular formula is C9H7F3N2O4. The van der Waals surface area contributed by atoms with Gasteiger partial charge in [-0.25, -0.2) is 9.78 Å². The van der Waals surface area contributed by atoms with Crippen LogP contribution in [0.5, 0.6) is 5.88 Å². The Bertz CT molecular complexity index is 487. The molecule has 1 rings (SSSR count). The molecule has 0 atom stereocenters. The normalized spacial score (nSPS) is 10.9. The SMILES string of the molecule is COc1nc(C(=O)O)ccc1NC(=O)C(F)(F)F. The standard InChI is InChI=1S/C9H7F3N2O4/c1-18-6-4(14-8(17)9(10,11)12)2-3-5(13-6)7(15)16/h2-3H,1H3,(H,14,17)(H,15,16). The van der Waals surface area contributed by atoms with Crippen molar-refractivity contribution in [2.24, 2.45) is 0 Å². The molecule has 0 radical (unpaired) electrons. The zero-order valence-electron chi connectivity index (χ0n) is 8.91. The van der Waals surface area contributed by atoms with Gasteiger partial charge in [0.05, 0.1) is 7.11 Å². The minimum Gasteiger partial charge on any atom is -0.479 e. The number of carboxylic acid groups (broad SMARTS) is 1. The number of carboxylic acids is 1. The van der Waals surface area contributed by atoms with Crippen LogP contribution in [0.25, 0.3) is 0 Å². The van der Waals surface area contributed by atoms with E-state index >= 15 is 0 Å². The maximum absolute atomic E-state index is 12.0. The number of carbonyl (C=O) groups is 2. The molecule has 0 unspecified atom stereocenters. The van der Waals surface area contributed by atoms with E-state index in [-0.39, 0.29) is 5.69 Å². The van der Waals surface area contributed by atoms with E-state index in [9.17, 15) is 22.8 Å². The fraction of sp³-hybridized carbons (Fsp3) is 0.222. The number of aromatic nitrogens is 1. The van der Waals surface area contributed by atoms with Crippen molar-refractivity contribution in [2.75, 3.05) is 12.4 Å². The molecule has 0 bridgehead atoms. The Balaban J connectivity index is 3.04. The number of nitrogens with one attached hydrogen (secondary N) is 1. The Morgan fingerprint density at radius 3 is 2.44 bits per heavy atom. The van der Waals surface area contributed by atoms with E-state index in [0.717, 1.165) is 19.2 Å². The first-order chi connectivity index (χ1) is 8.25. The summed E-state index contributed by atoms with van der Waals surface area (Å²) in [5.74, 6) is -4.00. The molecular weight excluding hydrogens is 257 g/mol. The van der Waals surface area contributed by atoms with Crippen LogP contribution in [0.2, 0.25) is 0 Å². The van der Waals surface area contributed by atoms with Crippen molar-refractivity contribution in [1.82, 2.24) is 4.98 Å². The number of hydrogen-bond donors (Lipinski definition) is 2. The molecule has 6 nitrogen and oxygen atoms in total. The molecule has 1 amide bonds. The average Bonchev–Trinajstić information content (AvgIpc) is 2.27. The summed E-state index contributed by atoms with van der Waals surface area (Å²) >= 11 is 0. The van der Waals surface area contributed by atoms with Crippen molar-refractivity contribution >= 4 is 17.6 Å². The lowest BCUT2D eigenvalue weighted by atomic mass is 10.3. The maximum Gasteiger partial charge on any atom is 0.471 e. The van der Waals surface area contributed by atoms with Crippen LogP contribution < -0.4 is 10.1 Å². The molecule has 1 aromatic rings. The fourth-order valence-electron chi connectivity index (χ4n) is 1.00. The van der Waals surface area contributed by atoms with Crippen molar-refractivity contribution in [3.63, 3.8) is 0 Å². The number of anilines is 1. The molecule has 18 heavy (non-hydrogen) atoms. The third-order valence-corrected chi connectivity index (χ3v) is 1.78. The van der Waals surface area contributed by atoms with E-state index in [1.165, 1.54) is 5.32 Å². The Morgan fingerprint density at radius 1 is 1.39 bits per heavy atom. The number of rotatable bonds is 3. The predicted octanol–water partition coefficient (Wildman–Crippen LogP) is 1.29. The summed E-state index contributed by atoms with van der Waals surface area (Å²) in [4.78, 5) is 24.7. The highest BCUT2D eigenvalue weighted by molar-refractivity contribution is 5.96. The Kier molecular flexibility index (Phi) is 3.74. The Labute approximate surface area is 98.4 Å². The van der Waals surface area contributed by atoms with Crippen LogP contribution in [0.4, 0.5) is 18.9 Å². The fourth-order valence-corrected chi connectivity index (χ4v) is 1.00. The molecule has 0 aliphatic carbocycles. The number of halogens is 3. The van der Waals surface area contributed by atoms with Gasteiger partial charge in [0.15, 0.2) is 5.69 Å². The lowest BCUT2D eigenvalue weighted by molar-refractivity contribution is -0.167. The van der Waals surface area contributed by atoms with Gasteiger partial charge in [-0.2, -0.15) is 13.2 Å². The molecule has 0 saturated heterocycles. The molecule has 0 spiro atoms. The van der Waals surface area contributed by atoms with Gasteiger partial charge in [-0.1, -0.05) is 0 Å². The molecule has 0 aromatic carbocycles. The largest absolute Gasteiger partial charge is 0.479 e. The van der Waals surface area contributed by atoms with Crippen LogP contribution in [0.3, 0.4) is 0 Å². The van der Waals surface area contributed by atoms with E-state index in [1.54, 1.807) is 0 Å². The zero-order chi connectivity index (χ0) is 13.9. The number of amides is 1. The van der Waals surface area contributed by atoms with Crippen LogP contribution in [-0.2, 0) is 4.79 Å². The summed E-state index contributed by atoms with van der Waals surface area (Å²) in [5, 5.41) is 10.1. The van der Waals surface area contributed by atoms with Gasteiger partial charge in [0, 0.05) is 0 Å². The van der Waals surface area contributed by atoms with Gasteiger partial charge < -0.3 is 15.2 Å². The van der Waals surface area contributed by atoms with Crippen LogP contribution in [0.1, 0.15) is 10.5 Å². The lowest BCUT2D eigenvalue weighted by Crippen LogP contribution is -2.30. The van der Waals surface area contributed by atoms with E-state index in [2.05, 4.69) is 9.72 Å². The molecule has 1 heterocycles. The number of pyridine rings is 1. The third-order valence-electron chi connectivity index (χ3n) is 1.78. The van der Waals surface area contributed by atoms with E-state index in [0.29, 0.717) is 0 Å². The van der Waals surface area contributed by atoms with Crippen molar-refractivity contribution < 1.29 is 32.6 Å². The lowest BCUT2D eigenvalue weighted by Gasteiger charge is -2.11. The number of nitrogens with zero attached hydrogens (tertiary/aromatic N) is 1. The predicted molar refractivity (Wildman–Crippen MR) is 52.4 cm³/mol. The van der Waals surface area contributed by atoms with Gasteiger partial charge >= 0.3 is 18.1 Å². The zero-order valence-corrected chi connectivity index (χ0v) is 8.91. The second kappa shape index (κ2) is 4.90. The van der Waals surface area contributed by atoms with Crippen LogP contribution in [0, 0.1) is 0 Å². The number of methoxy groups -OCH3 is 1. The van der Waals surface area contributed by atoms with Gasteiger partial charge in [-0.05, 0) is 12.1 Å². The second-order valence-corrected chi connectivity index (χ2v) is 3.01. The van der Waals surface area contributed by atoms with E-state index in [1.807, 2.05) is 0 Å².